The molecule has 1 rings (SSSR count). The number of thiol groups is 1. The molecule has 0 aromatic heterocycles. The van der Waals surface area contributed by atoms with Crippen LogP contribution in [0.3, 0.4) is 0 Å². The predicted octanol–water partition coefficient (Wildman–Crippen LogP) is 4.12. The van der Waals surface area contributed by atoms with Gasteiger partial charge in [-0.15, -0.1) is 0 Å². The molecule has 0 heterocycles. The summed E-state index contributed by atoms with van der Waals surface area (Å²) in [5.41, 5.74) is 1.27. The van der Waals surface area contributed by atoms with E-state index >= 15 is 0 Å². The fraction of sp³-hybridized carbons (Fsp3) is 0.571. The number of rotatable bonds is 7. The molecule has 0 aliphatic carbocycles. The summed E-state index contributed by atoms with van der Waals surface area (Å²) in [6.07, 6.45) is 2.49. The van der Waals surface area contributed by atoms with Crippen molar-refractivity contribution in [1.29, 1.82) is 0 Å². The summed E-state index contributed by atoms with van der Waals surface area (Å²) in [4.78, 5) is 2.35. The van der Waals surface area contributed by atoms with Crippen molar-refractivity contribution >= 4 is 24.2 Å². The van der Waals surface area contributed by atoms with Crippen LogP contribution in [0.5, 0.6) is 0 Å². The summed E-state index contributed by atoms with van der Waals surface area (Å²) in [5, 5.41) is 0.815. The minimum Gasteiger partial charge on any atom is -0.302 e. The van der Waals surface area contributed by atoms with Gasteiger partial charge in [-0.1, -0.05) is 37.1 Å². The van der Waals surface area contributed by atoms with Crippen LogP contribution < -0.4 is 0 Å². The second-order valence-corrected chi connectivity index (χ2v) is 5.47. The molecule has 0 bridgehead atoms. The molecule has 0 radical (unpaired) electrons. The van der Waals surface area contributed by atoms with Crippen LogP contribution in [-0.4, -0.2) is 24.2 Å². The van der Waals surface area contributed by atoms with Gasteiger partial charge in [-0.25, -0.2) is 0 Å². The Balaban J connectivity index is 2.45. The number of halogens is 1. The lowest BCUT2D eigenvalue weighted by atomic mass is 10.1. The fourth-order valence-electron chi connectivity index (χ4n) is 2.10. The number of nitrogens with zero attached hydrogens (tertiary/aromatic N) is 1. The Bertz CT molecular complexity index is 330. The first-order valence-electron chi connectivity index (χ1n) is 6.19. The summed E-state index contributed by atoms with van der Waals surface area (Å²) in [5.74, 6) is 1.65. The molecule has 0 amide bonds. The molecular formula is C14H22ClNS. The molecule has 1 aromatic carbocycles. The van der Waals surface area contributed by atoms with Crippen molar-refractivity contribution in [3.05, 3.63) is 34.9 Å². The van der Waals surface area contributed by atoms with E-state index < -0.39 is 0 Å². The maximum absolute atomic E-state index is 5.98. The van der Waals surface area contributed by atoms with E-state index in [0.29, 0.717) is 5.92 Å². The average Bonchev–Trinajstić information content (AvgIpc) is 2.28. The first-order valence-corrected chi connectivity index (χ1v) is 7.20. The summed E-state index contributed by atoms with van der Waals surface area (Å²) in [6.45, 7) is 4.28. The molecule has 0 saturated heterocycles. The molecule has 0 N–H and O–H groups in total. The number of hydrogen-bond acceptors (Lipinski definition) is 2. The van der Waals surface area contributed by atoms with E-state index in [1.807, 2.05) is 18.2 Å². The Morgan fingerprint density at radius 3 is 2.76 bits per heavy atom. The summed E-state index contributed by atoms with van der Waals surface area (Å²) < 4.78 is 0. The van der Waals surface area contributed by atoms with Gasteiger partial charge in [0.1, 0.15) is 0 Å². The van der Waals surface area contributed by atoms with Crippen LogP contribution in [0.15, 0.2) is 24.3 Å². The molecule has 1 unspecified atom stereocenters. The molecule has 3 heteroatoms. The molecule has 1 atom stereocenters. The zero-order valence-electron chi connectivity index (χ0n) is 10.7. The smallest absolute Gasteiger partial charge is 0.0409 e. The minimum absolute atomic E-state index is 0.688. The highest BCUT2D eigenvalue weighted by atomic mass is 35.5. The number of hydrogen-bond donors (Lipinski definition) is 1. The highest BCUT2D eigenvalue weighted by Gasteiger charge is 2.09. The Morgan fingerprint density at radius 2 is 2.18 bits per heavy atom. The molecule has 17 heavy (non-hydrogen) atoms. The first-order chi connectivity index (χ1) is 8.15. The Morgan fingerprint density at radius 1 is 1.41 bits per heavy atom. The standard InChI is InChI=1S/C14H22ClNS/c1-3-5-13(11-17)10-16(2)9-12-6-4-7-14(15)8-12/h4,6-8,13,17H,3,5,9-11H2,1-2H3. The van der Waals surface area contributed by atoms with Crippen LogP contribution >= 0.6 is 24.2 Å². The lowest BCUT2D eigenvalue weighted by Crippen LogP contribution is -2.26. The van der Waals surface area contributed by atoms with Crippen LogP contribution in [0.4, 0.5) is 0 Å². The maximum Gasteiger partial charge on any atom is 0.0409 e. The van der Waals surface area contributed by atoms with Crippen molar-refractivity contribution in [3.8, 4) is 0 Å². The lowest BCUT2D eigenvalue weighted by Gasteiger charge is -2.22. The molecule has 1 nitrogen and oxygen atoms in total. The van der Waals surface area contributed by atoms with Gasteiger partial charge in [0.25, 0.3) is 0 Å². The van der Waals surface area contributed by atoms with Gasteiger partial charge >= 0.3 is 0 Å². The van der Waals surface area contributed by atoms with E-state index in [0.717, 1.165) is 23.9 Å². The van der Waals surface area contributed by atoms with Gasteiger partial charge in [-0.2, -0.15) is 12.6 Å². The van der Waals surface area contributed by atoms with Gasteiger partial charge in [-0.05, 0) is 42.8 Å². The monoisotopic (exact) mass is 271 g/mol. The molecule has 96 valence electrons. The van der Waals surface area contributed by atoms with E-state index in [1.165, 1.54) is 18.4 Å². The Hall–Kier alpha value is -0.180. The van der Waals surface area contributed by atoms with Crippen molar-refractivity contribution in [3.63, 3.8) is 0 Å². The van der Waals surface area contributed by atoms with Crippen LogP contribution in [0, 0.1) is 5.92 Å². The van der Waals surface area contributed by atoms with E-state index in [9.17, 15) is 0 Å². The van der Waals surface area contributed by atoms with Gasteiger partial charge in [0.2, 0.25) is 0 Å². The first kappa shape index (κ1) is 14.9. The van der Waals surface area contributed by atoms with Crippen molar-refractivity contribution in [1.82, 2.24) is 4.90 Å². The van der Waals surface area contributed by atoms with Gasteiger partial charge in [0, 0.05) is 18.1 Å². The zero-order chi connectivity index (χ0) is 12.7. The van der Waals surface area contributed by atoms with E-state index in [4.69, 9.17) is 11.6 Å². The largest absolute Gasteiger partial charge is 0.302 e. The lowest BCUT2D eigenvalue weighted by molar-refractivity contribution is 0.273. The highest BCUT2D eigenvalue weighted by molar-refractivity contribution is 7.80. The highest BCUT2D eigenvalue weighted by Crippen LogP contribution is 2.14. The minimum atomic E-state index is 0.688. The zero-order valence-corrected chi connectivity index (χ0v) is 12.3. The molecule has 0 fully saturated rings. The molecule has 0 saturated carbocycles. The normalized spacial score (nSPS) is 13.0. The van der Waals surface area contributed by atoms with Gasteiger partial charge in [0.05, 0.1) is 0 Å². The third-order valence-corrected chi connectivity index (χ3v) is 3.62. The van der Waals surface area contributed by atoms with E-state index in [2.05, 4.69) is 37.6 Å². The van der Waals surface area contributed by atoms with Crippen LogP contribution in [0.1, 0.15) is 25.3 Å². The second kappa shape index (κ2) is 8.02. The van der Waals surface area contributed by atoms with Gasteiger partial charge < -0.3 is 4.90 Å². The van der Waals surface area contributed by atoms with Gasteiger partial charge in [0.15, 0.2) is 0 Å². The third kappa shape index (κ3) is 5.80. The molecule has 0 aliphatic rings. The summed E-state index contributed by atoms with van der Waals surface area (Å²) >= 11 is 10.4. The quantitative estimate of drug-likeness (QED) is 0.730. The molecular weight excluding hydrogens is 250 g/mol. The Labute approximate surface area is 116 Å². The van der Waals surface area contributed by atoms with Crippen LogP contribution in [0.2, 0.25) is 5.02 Å². The van der Waals surface area contributed by atoms with Gasteiger partial charge in [-0.3, -0.25) is 0 Å². The van der Waals surface area contributed by atoms with E-state index in [-0.39, 0.29) is 0 Å². The maximum atomic E-state index is 5.98. The van der Waals surface area contributed by atoms with Crippen molar-refractivity contribution in [2.24, 2.45) is 5.92 Å². The molecule has 0 aliphatic heterocycles. The van der Waals surface area contributed by atoms with E-state index in [1.54, 1.807) is 0 Å². The van der Waals surface area contributed by atoms with Crippen molar-refractivity contribution in [2.75, 3.05) is 19.3 Å². The Kier molecular flexibility index (Phi) is 7.02. The topological polar surface area (TPSA) is 3.24 Å². The number of benzene rings is 1. The second-order valence-electron chi connectivity index (χ2n) is 4.66. The SMILES string of the molecule is CCCC(CS)CN(C)Cc1cccc(Cl)c1. The fourth-order valence-corrected chi connectivity index (χ4v) is 2.61. The third-order valence-electron chi connectivity index (χ3n) is 2.87. The molecule has 1 aromatic rings. The summed E-state index contributed by atoms with van der Waals surface area (Å²) in [6, 6.07) is 8.08. The molecule has 0 spiro atoms. The predicted molar refractivity (Wildman–Crippen MR) is 80.0 cm³/mol. The summed E-state index contributed by atoms with van der Waals surface area (Å²) in [7, 11) is 2.16. The van der Waals surface area contributed by atoms with Crippen molar-refractivity contribution in [2.45, 2.75) is 26.3 Å². The van der Waals surface area contributed by atoms with Crippen LogP contribution in [0.25, 0.3) is 0 Å². The van der Waals surface area contributed by atoms with Crippen LogP contribution in [-0.2, 0) is 6.54 Å². The van der Waals surface area contributed by atoms with Crippen molar-refractivity contribution < 1.29 is 0 Å². The average molecular weight is 272 g/mol.